The van der Waals surface area contributed by atoms with Crippen LogP contribution < -0.4 is 19.6 Å². The topological polar surface area (TPSA) is 87.0 Å². The lowest BCUT2D eigenvalue weighted by Gasteiger charge is -2.13. The molecule has 180 valence electrons. The van der Waals surface area contributed by atoms with E-state index in [2.05, 4.69) is 27.2 Å². The van der Waals surface area contributed by atoms with Crippen molar-refractivity contribution in [3.05, 3.63) is 77.9 Å². The minimum absolute atomic E-state index is 0.165. The molecule has 9 heteroatoms. The van der Waals surface area contributed by atoms with Gasteiger partial charge in [-0.25, -0.2) is 10.4 Å². The molecule has 0 spiro atoms. The van der Waals surface area contributed by atoms with Gasteiger partial charge in [0.25, 0.3) is 5.91 Å². The molecule has 0 bridgehead atoms. The molecular formula is C26H26N4O4S. The first-order valence-corrected chi connectivity index (χ1v) is 11.9. The minimum Gasteiger partial charge on any atom is -0.493 e. The summed E-state index contributed by atoms with van der Waals surface area (Å²) in [5.74, 6) is 1.38. The summed E-state index contributed by atoms with van der Waals surface area (Å²) < 4.78 is 18.2. The Balaban J connectivity index is 1.45. The Morgan fingerprint density at radius 3 is 2.46 bits per heavy atom. The fourth-order valence-electron chi connectivity index (χ4n) is 3.64. The summed E-state index contributed by atoms with van der Waals surface area (Å²) in [4.78, 5) is 17.2. The molecule has 0 aliphatic rings. The van der Waals surface area contributed by atoms with E-state index < -0.39 is 0 Å². The van der Waals surface area contributed by atoms with Crippen LogP contribution in [0.25, 0.3) is 11.0 Å². The number of nitrogens with zero attached hydrogens (tertiary/aromatic N) is 3. The molecule has 0 unspecified atom stereocenters. The van der Waals surface area contributed by atoms with Gasteiger partial charge in [0.1, 0.15) is 0 Å². The fourth-order valence-corrected chi connectivity index (χ4v) is 4.45. The lowest BCUT2D eigenvalue weighted by Crippen LogP contribution is -2.20. The molecule has 1 heterocycles. The van der Waals surface area contributed by atoms with Gasteiger partial charge in [-0.3, -0.25) is 4.79 Å². The number of carbonyl (C=O) groups excluding carboxylic acids is 1. The van der Waals surface area contributed by atoms with Crippen LogP contribution in [-0.4, -0.2) is 48.8 Å². The number of carbonyl (C=O) groups is 1. The molecule has 0 fully saturated rings. The number of fused-ring (bicyclic) bond motifs is 1. The van der Waals surface area contributed by atoms with Gasteiger partial charge in [-0.2, -0.15) is 5.10 Å². The van der Waals surface area contributed by atoms with Gasteiger partial charge in [0, 0.05) is 5.56 Å². The van der Waals surface area contributed by atoms with E-state index in [4.69, 9.17) is 19.2 Å². The first-order chi connectivity index (χ1) is 17.1. The summed E-state index contributed by atoms with van der Waals surface area (Å²) in [6, 6.07) is 21.7. The number of aromatic nitrogens is 2. The predicted molar refractivity (Wildman–Crippen MR) is 138 cm³/mol. The maximum atomic E-state index is 12.5. The standard InChI is InChI=1S/C26H26N4O4S/c1-32-22-14-13-19(24(33-2)25(22)34-3)15-27-29-23(31)17-35-26-28-20-11-7-8-12-21(20)30(26)16-18-9-5-4-6-10-18/h4-15H,16-17H2,1-3H3,(H,29,31)/b27-15-. The van der Waals surface area contributed by atoms with E-state index in [0.717, 1.165) is 21.8 Å². The predicted octanol–water partition coefficient (Wildman–Crippen LogP) is 4.35. The van der Waals surface area contributed by atoms with Crippen LogP contribution >= 0.6 is 11.8 Å². The summed E-state index contributed by atoms with van der Waals surface area (Å²) in [5, 5.41) is 4.86. The van der Waals surface area contributed by atoms with E-state index >= 15 is 0 Å². The van der Waals surface area contributed by atoms with Crippen LogP contribution in [0.5, 0.6) is 17.2 Å². The molecule has 0 radical (unpaired) electrons. The zero-order chi connectivity index (χ0) is 24.6. The average Bonchev–Trinajstić information content (AvgIpc) is 3.24. The zero-order valence-electron chi connectivity index (χ0n) is 19.7. The molecule has 0 saturated carbocycles. The largest absolute Gasteiger partial charge is 0.493 e. The molecule has 4 rings (SSSR count). The Bertz CT molecular complexity index is 1340. The van der Waals surface area contributed by atoms with Crippen molar-refractivity contribution < 1.29 is 19.0 Å². The average molecular weight is 491 g/mol. The number of amides is 1. The van der Waals surface area contributed by atoms with E-state index in [1.54, 1.807) is 19.2 Å². The van der Waals surface area contributed by atoms with Crippen LogP contribution in [0.2, 0.25) is 0 Å². The van der Waals surface area contributed by atoms with E-state index in [0.29, 0.717) is 29.4 Å². The summed E-state index contributed by atoms with van der Waals surface area (Å²) >= 11 is 1.37. The van der Waals surface area contributed by atoms with Crippen molar-refractivity contribution in [2.24, 2.45) is 5.10 Å². The highest BCUT2D eigenvalue weighted by Gasteiger charge is 2.15. The van der Waals surface area contributed by atoms with Gasteiger partial charge in [-0.05, 0) is 29.8 Å². The first kappa shape index (κ1) is 24.2. The molecule has 8 nitrogen and oxygen atoms in total. The number of rotatable bonds is 10. The lowest BCUT2D eigenvalue weighted by molar-refractivity contribution is -0.118. The normalized spacial score (nSPS) is 11.1. The van der Waals surface area contributed by atoms with E-state index in [9.17, 15) is 4.79 Å². The molecule has 0 atom stereocenters. The molecule has 1 aromatic heterocycles. The third-order valence-corrected chi connectivity index (χ3v) is 6.24. The van der Waals surface area contributed by atoms with Crippen LogP contribution in [0.3, 0.4) is 0 Å². The quantitative estimate of drug-likeness (QED) is 0.202. The molecular weight excluding hydrogens is 464 g/mol. The highest BCUT2D eigenvalue weighted by atomic mass is 32.2. The number of hydrazone groups is 1. The minimum atomic E-state index is -0.246. The number of ether oxygens (including phenoxy) is 3. The van der Waals surface area contributed by atoms with Gasteiger partial charge in [0.15, 0.2) is 16.7 Å². The maximum absolute atomic E-state index is 12.5. The Morgan fingerprint density at radius 1 is 0.971 bits per heavy atom. The number of nitrogens with one attached hydrogen (secondary N) is 1. The zero-order valence-corrected chi connectivity index (χ0v) is 20.5. The Hall–Kier alpha value is -3.98. The summed E-state index contributed by atoms with van der Waals surface area (Å²) in [5.41, 5.74) is 6.29. The monoisotopic (exact) mass is 490 g/mol. The summed E-state index contributed by atoms with van der Waals surface area (Å²) in [6.45, 7) is 0.669. The van der Waals surface area contributed by atoms with Gasteiger partial charge in [0.2, 0.25) is 5.75 Å². The van der Waals surface area contributed by atoms with Crippen LogP contribution in [0.1, 0.15) is 11.1 Å². The third kappa shape index (κ3) is 5.58. The Morgan fingerprint density at radius 2 is 1.71 bits per heavy atom. The highest BCUT2D eigenvalue weighted by Crippen LogP contribution is 2.39. The molecule has 1 amide bonds. The second-order valence-electron chi connectivity index (χ2n) is 7.46. The van der Waals surface area contributed by atoms with Crippen molar-refractivity contribution in [3.8, 4) is 17.2 Å². The number of imidazole rings is 1. The van der Waals surface area contributed by atoms with Gasteiger partial charge in [0.05, 0.1) is 50.9 Å². The van der Waals surface area contributed by atoms with Crippen molar-refractivity contribution in [1.29, 1.82) is 0 Å². The third-order valence-electron chi connectivity index (χ3n) is 5.26. The van der Waals surface area contributed by atoms with Gasteiger partial charge < -0.3 is 18.8 Å². The van der Waals surface area contributed by atoms with Crippen molar-refractivity contribution in [3.63, 3.8) is 0 Å². The molecule has 35 heavy (non-hydrogen) atoms. The van der Waals surface area contributed by atoms with Crippen molar-refractivity contribution in [2.45, 2.75) is 11.7 Å². The number of thioether (sulfide) groups is 1. The van der Waals surface area contributed by atoms with Crippen LogP contribution in [0.15, 0.2) is 77.0 Å². The van der Waals surface area contributed by atoms with Gasteiger partial charge in [-0.15, -0.1) is 0 Å². The second kappa shape index (κ2) is 11.4. The second-order valence-corrected chi connectivity index (χ2v) is 8.40. The number of benzene rings is 3. The molecule has 3 aromatic carbocycles. The summed E-state index contributed by atoms with van der Waals surface area (Å²) in [6.07, 6.45) is 1.51. The van der Waals surface area contributed by atoms with Gasteiger partial charge in [-0.1, -0.05) is 54.2 Å². The number of methoxy groups -OCH3 is 3. The first-order valence-electron chi connectivity index (χ1n) is 10.9. The molecule has 1 N–H and O–H groups in total. The van der Waals surface area contributed by atoms with E-state index in [1.807, 2.05) is 42.5 Å². The van der Waals surface area contributed by atoms with E-state index in [1.165, 1.54) is 32.2 Å². The lowest BCUT2D eigenvalue weighted by atomic mass is 10.2. The molecule has 4 aromatic rings. The Kier molecular flexibility index (Phi) is 7.89. The Labute approximate surface area is 207 Å². The SMILES string of the molecule is COc1ccc(/C=N\NC(=O)CSc2nc3ccccc3n2Cc2ccccc2)c(OC)c1OC. The van der Waals surface area contributed by atoms with Crippen LogP contribution in [0.4, 0.5) is 0 Å². The smallest absolute Gasteiger partial charge is 0.250 e. The van der Waals surface area contributed by atoms with Gasteiger partial charge >= 0.3 is 0 Å². The molecule has 0 aliphatic carbocycles. The molecule has 0 aliphatic heterocycles. The van der Waals surface area contributed by atoms with Crippen LogP contribution in [-0.2, 0) is 11.3 Å². The number of hydrogen-bond acceptors (Lipinski definition) is 7. The van der Waals surface area contributed by atoms with Crippen molar-refractivity contribution in [1.82, 2.24) is 15.0 Å². The maximum Gasteiger partial charge on any atom is 0.250 e. The number of hydrogen-bond donors (Lipinski definition) is 1. The van der Waals surface area contributed by atoms with Crippen molar-refractivity contribution in [2.75, 3.05) is 27.1 Å². The summed E-state index contributed by atoms with van der Waals surface area (Å²) in [7, 11) is 4.62. The number of para-hydroxylation sites is 2. The van der Waals surface area contributed by atoms with E-state index in [-0.39, 0.29) is 11.7 Å². The fraction of sp³-hybridized carbons (Fsp3) is 0.192. The highest BCUT2D eigenvalue weighted by molar-refractivity contribution is 7.99. The van der Waals surface area contributed by atoms with Crippen LogP contribution in [0, 0.1) is 0 Å². The molecule has 0 saturated heterocycles. The van der Waals surface area contributed by atoms with Crippen molar-refractivity contribution >= 4 is 34.9 Å².